The Labute approximate surface area is 218 Å². The predicted octanol–water partition coefficient (Wildman–Crippen LogP) is 2.36. The molecule has 2 saturated heterocycles. The van der Waals surface area contributed by atoms with Crippen molar-refractivity contribution in [3.63, 3.8) is 0 Å². The van der Waals surface area contributed by atoms with Crippen molar-refractivity contribution in [2.24, 2.45) is 29.6 Å². The summed E-state index contributed by atoms with van der Waals surface area (Å²) >= 11 is 0. The zero-order valence-electron chi connectivity index (χ0n) is 23.5. The number of ether oxygens (including phenoxy) is 6. The summed E-state index contributed by atoms with van der Waals surface area (Å²) in [5.74, 6) is 3.56. The summed E-state index contributed by atoms with van der Waals surface area (Å²) in [6.07, 6.45) is 12.0. The highest BCUT2D eigenvalue weighted by molar-refractivity contribution is 5.01. The first kappa shape index (κ1) is 27.3. The van der Waals surface area contributed by atoms with E-state index in [0.717, 1.165) is 50.4 Å². The first-order valence-electron chi connectivity index (χ1n) is 14.6. The van der Waals surface area contributed by atoms with Gasteiger partial charge in [0.25, 0.3) is 0 Å². The molecule has 1 N–H and O–H groups in total. The summed E-state index contributed by atoms with van der Waals surface area (Å²) in [6, 6.07) is 1.38. The number of quaternary nitrogens is 1. The Morgan fingerprint density at radius 3 is 1.56 bits per heavy atom. The Kier molecular flexibility index (Phi) is 8.98. The fourth-order valence-corrected chi connectivity index (χ4v) is 9.78. The van der Waals surface area contributed by atoms with Crippen LogP contribution < -0.4 is 4.90 Å². The highest BCUT2D eigenvalue weighted by Gasteiger charge is 2.59. The van der Waals surface area contributed by atoms with Crippen molar-refractivity contribution in [3.05, 3.63) is 0 Å². The van der Waals surface area contributed by atoms with Crippen molar-refractivity contribution >= 4 is 0 Å². The molecular formula is C29H52NO6+. The van der Waals surface area contributed by atoms with E-state index in [1.165, 1.54) is 25.8 Å². The van der Waals surface area contributed by atoms with Gasteiger partial charge in [0.2, 0.25) is 0 Å². The average molecular weight is 511 g/mol. The van der Waals surface area contributed by atoms with Crippen LogP contribution >= 0.6 is 0 Å². The van der Waals surface area contributed by atoms with Gasteiger partial charge in [-0.1, -0.05) is 0 Å². The lowest BCUT2D eigenvalue weighted by atomic mass is 9.58. The van der Waals surface area contributed by atoms with Crippen LogP contribution in [-0.4, -0.2) is 97.9 Å². The number of nitrogens with one attached hydrogen (secondary N) is 1. The Morgan fingerprint density at radius 1 is 0.444 bits per heavy atom. The van der Waals surface area contributed by atoms with Gasteiger partial charge in [0.15, 0.2) is 0 Å². The molecule has 0 aromatic rings. The van der Waals surface area contributed by atoms with Gasteiger partial charge in [0.05, 0.1) is 55.3 Å². The van der Waals surface area contributed by atoms with Crippen molar-refractivity contribution < 1.29 is 33.3 Å². The van der Waals surface area contributed by atoms with Gasteiger partial charge in [-0.25, -0.2) is 0 Å². The third-order valence-electron chi connectivity index (χ3n) is 11.5. The largest absolute Gasteiger partial charge is 0.379 e. The fraction of sp³-hybridized carbons (Fsp3) is 1.00. The van der Waals surface area contributed by atoms with Gasteiger partial charge < -0.3 is 33.3 Å². The first-order valence-corrected chi connectivity index (χ1v) is 14.6. The second-order valence-electron chi connectivity index (χ2n) is 12.5. The van der Waals surface area contributed by atoms with Crippen LogP contribution in [0.3, 0.4) is 0 Å². The van der Waals surface area contributed by atoms with Crippen molar-refractivity contribution in [1.82, 2.24) is 0 Å². The van der Waals surface area contributed by atoms with Crippen molar-refractivity contribution in [2.75, 3.05) is 49.2 Å². The molecule has 0 radical (unpaired) electrons. The van der Waals surface area contributed by atoms with Crippen LogP contribution in [0.2, 0.25) is 0 Å². The summed E-state index contributed by atoms with van der Waals surface area (Å²) in [4.78, 5) is 1.89. The van der Waals surface area contributed by atoms with Crippen LogP contribution in [-0.2, 0) is 28.4 Å². The average Bonchev–Trinajstić information content (AvgIpc) is 2.93. The van der Waals surface area contributed by atoms with E-state index >= 15 is 0 Å². The van der Waals surface area contributed by atoms with Crippen LogP contribution in [0.4, 0.5) is 0 Å². The number of piperidine rings is 2. The lowest BCUT2D eigenvalue weighted by Crippen LogP contribution is -3.24. The maximum atomic E-state index is 6.02. The summed E-state index contributed by atoms with van der Waals surface area (Å²) in [7, 11) is 11.2. The third kappa shape index (κ3) is 4.91. The van der Waals surface area contributed by atoms with E-state index in [1.807, 2.05) is 47.6 Å². The summed E-state index contributed by atoms with van der Waals surface area (Å²) in [5.41, 5.74) is 0. The van der Waals surface area contributed by atoms with Crippen LogP contribution in [0.5, 0.6) is 0 Å². The van der Waals surface area contributed by atoms with Gasteiger partial charge in [-0.3, -0.25) is 0 Å². The minimum Gasteiger partial charge on any atom is -0.379 e. The molecule has 3 aliphatic carbocycles. The molecule has 0 bridgehead atoms. The minimum absolute atomic E-state index is 0.202. The highest BCUT2D eigenvalue weighted by Crippen LogP contribution is 2.48. The Bertz CT molecular complexity index is 709. The Morgan fingerprint density at radius 2 is 0.944 bits per heavy atom. The maximum absolute atomic E-state index is 6.02. The molecule has 5 rings (SSSR count). The van der Waals surface area contributed by atoms with Gasteiger partial charge in [-0.2, -0.15) is 0 Å². The standard InChI is InChI=1S/C29H51NO6/c1-31-23-8-7-18(13-24(23)32-2)29-21-16-28(36-6)26(34-4)14-19(21)11-22-20-15-27(35-5)25(33-3)12-17(20)9-10-30(22)29/h17-29H,7-16H2,1-6H3/p+1/t17?,18?,19?,20?,21?,22?,23?,24?,25?,26?,27?,28?,29-/m0/s1. The molecule has 5 aliphatic rings. The van der Waals surface area contributed by atoms with Crippen LogP contribution in [0, 0.1) is 29.6 Å². The van der Waals surface area contributed by atoms with E-state index in [-0.39, 0.29) is 36.6 Å². The number of hydrogen-bond donors (Lipinski definition) is 1. The van der Waals surface area contributed by atoms with E-state index in [4.69, 9.17) is 28.4 Å². The van der Waals surface area contributed by atoms with Gasteiger partial charge in [0, 0.05) is 66.8 Å². The zero-order chi connectivity index (χ0) is 25.4. The maximum Gasteiger partial charge on any atom is 0.0938 e. The summed E-state index contributed by atoms with van der Waals surface area (Å²) < 4.78 is 35.7. The van der Waals surface area contributed by atoms with Gasteiger partial charge >= 0.3 is 0 Å². The molecule has 36 heavy (non-hydrogen) atoms. The minimum atomic E-state index is 0.202. The molecule has 14 atom stereocenters. The number of rotatable bonds is 7. The Balaban J connectivity index is 1.44. The first-order chi connectivity index (χ1) is 17.6. The van der Waals surface area contributed by atoms with Crippen LogP contribution in [0.15, 0.2) is 0 Å². The molecule has 7 nitrogen and oxygen atoms in total. The van der Waals surface area contributed by atoms with Gasteiger partial charge in [-0.15, -0.1) is 0 Å². The fourth-order valence-electron chi connectivity index (χ4n) is 9.78. The monoisotopic (exact) mass is 510 g/mol. The van der Waals surface area contributed by atoms with Crippen LogP contribution in [0.1, 0.15) is 57.8 Å². The third-order valence-corrected chi connectivity index (χ3v) is 11.5. The molecule has 5 fully saturated rings. The molecule has 0 aromatic carbocycles. The molecule has 13 unspecified atom stereocenters. The molecule has 0 spiro atoms. The molecule has 208 valence electrons. The highest BCUT2D eigenvalue weighted by atomic mass is 16.5. The Hall–Kier alpha value is -0.280. The number of hydrogen-bond acceptors (Lipinski definition) is 6. The molecule has 0 aromatic heterocycles. The lowest BCUT2D eigenvalue weighted by molar-refractivity contribution is -0.976. The molecule has 2 heterocycles. The van der Waals surface area contributed by atoms with E-state index in [9.17, 15) is 0 Å². The molecule has 7 heteroatoms. The van der Waals surface area contributed by atoms with Crippen molar-refractivity contribution in [1.29, 1.82) is 0 Å². The number of methoxy groups -OCH3 is 6. The normalized spacial score (nSPS) is 51.2. The van der Waals surface area contributed by atoms with Gasteiger partial charge in [-0.05, 0) is 63.2 Å². The van der Waals surface area contributed by atoms with Crippen LogP contribution in [0.25, 0.3) is 0 Å². The second-order valence-corrected chi connectivity index (χ2v) is 12.5. The summed E-state index contributed by atoms with van der Waals surface area (Å²) in [5, 5.41) is 0. The smallest absolute Gasteiger partial charge is 0.0938 e. The van der Waals surface area contributed by atoms with Crippen molar-refractivity contribution in [2.45, 2.75) is 106 Å². The number of fused-ring (bicyclic) bond motifs is 4. The molecule has 0 amide bonds. The molecule has 3 saturated carbocycles. The summed E-state index contributed by atoms with van der Waals surface area (Å²) in [6.45, 7) is 1.29. The van der Waals surface area contributed by atoms with E-state index in [0.29, 0.717) is 29.8 Å². The van der Waals surface area contributed by atoms with E-state index in [1.54, 1.807) is 0 Å². The van der Waals surface area contributed by atoms with E-state index < -0.39 is 0 Å². The quantitative estimate of drug-likeness (QED) is 0.568. The predicted molar refractivity (Wildman–Crippen MR) is 137 cm³/mol. The topological polar surface area (TPSA) is 59.8 Å². The molecule has 2 aliphatic heterocycles. The SMILES string of the molecule is COC1CCC([C@H]2C3CC(OC)C(OC)CC3CC3C4CC(OC)C(OC)CC4CC[NH+]32)CC1OC. The van der Waals surface area contributed by atoms with Gasteiger partial charge in [0.1, 0.15) is 0 Å². The molecular weight excluding hydrogens is 458 g/mol. The lowest BCUT2D eigenvalue weighted by Gasteiger charge is -2.59. The van der Waals surface area contributed by atoms with E-state index in [2.05, 4.69) is 0 Å². The van der Waals surface area contributed by atoms with Crippen molar-refractivity contribution in [3.8, 4) is 0 Å². The second kappa shape index (κ2) is 11.8. The zero-order valence-corrected chi connectivity index (χ0v) is 23.5.